The Kier molecular flexibility index (Phi) is 5.87. The SMILES string of the molecule is CC1CCC(NC(=O)[C@H]2CCN[C@@H](C)C2)c2ccccc21.Cl. The average Bonchev–Trinajstić information content (AvgIpc) is 2.50. The summed E-state index contributed by atoms with van der Waals surface area (Å²) in [4.78, 5) is 12.6. The van der Waals surface area contributed by atoms with Crippen LogP contribution in [-0.2, 0) is 4.79 Å². The van der Waals surface area contributed by atoms with Crippen LogP contribution in [0.4, 0.5) is 0 Å². The van der Waals surface area contributed by atoms with Crippen molar-refractivity contribution in [1.29, 1.82) is 0 Å². The van der Waals surface area contributed by atoms with Gasteiger partial charge >= 0.3 is 0 Å². The third kappa shape index (κ3) is 3.64. The molecule has 0 radical (unpaired) electrons. The number of halogens is 1. The third-order valence-corrected chi connectivity index (χ3v) is 5.10. The van der Waals surface area contributed by atoms with Crippen LogP contribution in [0.2, 0.25) is 0 Å². The molecule has 2 aliphatic rings. The van der Waals surface area contributed by atoms with Crippen molar-refractivity contribution in [2.45, 2.75) is 57.5 Å². The summed E-state index contributed by atoms with van der Waals surface area (Å²) in [6, 6.07) is 9.24. The van der Waals surface area contributed by atoms with Crippen LogP contribution in [0.3, 0.4) is 0 Å². The first-order chi connectivity index (χ1) is 10.1. The van der Waals surface area contributed by atoms with Gasteiger partial charge in [-0.15, -0.1) is 12.4 Å². The minimum absolute atomic E-state index is 0. The highest BCUT2D eigenvalue weighted by Crippen LogP contribution is 2.37. The van der Waals surface area contributed by atoms with Gasteiger partial charge in [0.15, 0.2) is 0 Å². The Hall–Kier alpha value is -1.06. The molecule has 0 aromatic heterocycles. The summed E-state index contributed by atoms with van der Waals surface area (Å²) in [7, 11) is 0. The van der Waals surface area contributed by atoms with Gasteiger partial charge < -0.3 is 10.6 Å². The molecule has 22 heavy (non-hydrogen) atoms. The van der Waals surface area contributed by atoms with Crippen molar-refractivity contribution in [2.75, 3.05) is 6.54 Å². The molecule has 1 aromatic rings. The van der Waals surface area contributed by atoms with Gasteiger partial charge in [-0.1, -0.05) is 31.2 Å². The summed E-state index contributed by atoms with van der Waals surface area (Å²) in [5, 5.41) is 6.73. The van der Waals surface area contributed by atoms with E-state index in [0.717, 1.165) is 32.2 Å². The van der Waals surface area contributed by atoms with Gasteiger partial charge in [-0.05, 0) is 56.2 Å². The van der Waals surface area contributed by atoms with Gasteiger partial charge in [0.2, 0.25) is 5.91 Å². The molecular formula is C18H27ClN2O. The zero-order valence-electron chi connectivity index (χ0n) is 13.5. The predicted molar refractivity (Wildman–Crippen MR) is 92.4 cm³/mol. The van der Waals surface area contributed by atoms with Crippen LogP contribution >= 0.6 is 12.4 Å². The summed E-state index contributed by atoms with van der Waals surface area (Å²) < 4.78 is 0. The monoisotopic (exact) mass is 322 g/mol. The normalized spacial score (nSPS) is 30.8. The largest absolute Gasteiger partial charge is 0.349 e. The van der Waals surface area contributed by atoms with E-state index in [2.05, 4.69) is 48.7 Å². The fraction of sp³-hybridized carbons (Fsp3) is 0.611. The van der Waals surface area contributed by atoms with E-state index in [0.29, 0.717) is 12.0 Å². The zero-order chi connectivity index (χ0) is 14.8. The van der Waals surface area contributed by atoms with Crippen molar-refractivity contribution in [3.63, 3.8) is 0 Å². The van der Waals surface area contributed by atoms with Crippen LogP contribution in [0.25, 0.3) is 0 Å². The molecule has 1 fully saturated rings. The number of hydrogen-bond acceptors (Lipinski definition) is 2. The Balaban J connectivity index is 0.00000176. The third-order valence-electron chi connectivity index (χ3n) is 5.10. The molecule has 0 saturated carbocycles. The molecule has 4 heteroatoms. The summed E-state index contributed by atoms with van der Waals surface area (Å²) in [5.74, 6) is 1.03. The average molecular weight is 323 g/mol. The molecule has 1 aliphatic heterocycles. The molecule has 2 unspecified atom stereocenters. The summed E-state index contributed by atoms with van der Waals surface area (Å²) in [5.41, 5.74) is 2.74. The second-order valence-corrected chi connectivity index (χ2v) is 6.74. The minimum Gasteiger partial charge on any atom is -0.349 e. The molecule has 1 aliphatic carbocycles. The molecule has 2 N–H and O–H groups in total. The predicted octanol–water partition coefficient (Wildman–Crippen LogP) is 3.55. The van der Waals surface area contributed by atoms with E-state index in [-0.39, 0.29) is 30.3 Å². The zero-order valence-corrected chi connectivity index (χ0v) is 14.3. The minimum atomic E-state index is 0. The lowest BCUT2D eigenvalue weighted by molar-refractivity contribution is -0.127. The second kappa shape index (κ2) is 7.47. The van der Waals surface area contributed by atoms with E-state index in [1.54, 1.807) is 0 Å². The summed E-state index contributed by atoms with van der Waals surface area (Å²) >= 11 is 0. The Morgan fingerprint density at radius 1 is 1.14 bits per heavy atom. The van der Waals surface area contributed by atoms with Gasteiger partial charge in [-0.2, -0.15) is 0 Å². The topological polar surface area (TPSA) is 41.1 Å². The number of benzene rings is 1. The van der Waals surface area contributed by atoms with E-state index in [1.165, 1.54) is 11.1 Å². The molecule has 1 heterocycles. The highest BCUT2D eigenvalue weighted by molar-refractivity contribution is 5.85. The maximum atomic E-state index is 12.6. The Morgan fingerprint density at radius 3 is 2.59 bits per heavy atom. The Labute approximate surface area is 139 Å². The van der Waals surface area contributed by atoms with Crippen LogP contribution in [0.5, 0.6) is 0 Å². The van der Waals surface area contributed by atoms with Crippen LogP contribution in [0, 0.1) is 5.92 Å². The van der Waals surface area contributed by atoms with E-state index >= 15 is 0 Å². The number of nitrogens with one attached hydrogen (secondary N) is 2. The van der Waals surface area contributed by atoms with Gasteiger partial charge in [-0.3, -0.25) is 4.79 Å². The number of piperidine rings is 1. The molecule has 1 saturated heterocycles. The Bertz CT molecular complexity index is 520. The van der Waals surface area contributed by atoms with Gasteiger partial charge in [0.1, 0.15) is 0 Å². The fourth-order valence-corrected chi connectivity index (χ4v) is 3.81. The molecule has 122 valence electrons. The van der Waals surface area contributed by atoms with Crippen molar-refractivity contribution < 1.29 is 4.79 Å². The lowest BCUT2D eigenvalue weighted by Crippen LogP contribution is -2.43. The first kappa shape index (κ1) is 17.3. The van der Waals surface area contributed by atoms with Gasteiger partial charge in [0.25, 0.3) is 0 Å². The van der Waals surface area contributed by atoms with Crippen molar-refractivity contribution in [1.82, 2.24) is 10.6 Å². The van der Waals surface area contributed by atoms with Crippen LogP contribution in [0.15, 0.2) is 24.3 Å². The molecule has 0 bridgehead atoms. The first-order valence-electron chi connectivity index (χ1n) is 8.27. The second-order valence-electron chi connectivity index (χ2n) is 6.74. The summed E-state index contributed by atoms with van der Waals surface area (Å²) in [6.07, 6.45) is 4.13. The van der Waals surface area contributed by atoms with Crippen LogP contribution < -0.4 is 10.6 Å². The smallest absolute Gasteiger partial charge is 0.223 e. The van der Waals surface area contributed by atoms with E-state index < -0.39 is 0 Å². The number of rotatable bonds is 2. The number of carbonyl (C=O) groups excluding carboxylic acids is 1. The van der Waals surface area contributed by atoms with Gasteiger partial charge in [-0.25, -0.2) is 0 Å². The summed E-state index contributed by atoms with van der Waals surface area (Å²) in [6.45, 7) is 5.40. The molecular weight excluding hydrogens is 296 g/mol. The standard InChI is InChI=1S/C18H26N2O.ClH/c1-12-7-8-17(16-6-4-3-5-15(12)16)20-18(21)14-9-10-19-13(2)11-14;/h3-6,12-14,17,19H,7-11H2,1-2H3,(H,20,21);1H/t12?,13-,14-,17?;/m0./s1. The highest BCUT2D eigenvalue weighted by Gasteiger charge is 2.29. The highest BCUT2D eigenvalue weighted by atomic mass is 35.5. The van der Waals surface area contributed by atoms with Gasteiger partial charge in [0, 0.05) is 12.0 Å². The van der Waals surface area contributed by atoms with Crippen molar-refractivity contribution in [3.05, 3.63) is 35.4 Å². The molecule has 3 nitrogen and oxygen atoms in total. The molecule has 1 amide bonds. The maximum Gasteiger partial charge on any atom is 0.223 e. The Morgan fingerprint density at radius 2 is 1.86 bits per heavy atom. The van der Waals surface area contributed by atoms with Crippen LogP contribution in [0.1, 0.15) is 62.6 Å². The van der Waals surface area contributed by atoms with E-state index in [4.69, 9.17) is 0 Å². The maximum absolute atomic E-state index is 12.6. The first-order valence-corrected chi connectivity index (χ1v) is 8.27. The van der Waals surface area contributed by atoms with Gasteiger partial charge in [0.05, 0.1) is 6.04 Å². The molecule has 0 spiro atoms. The molecule has 1 aromatic carbocycles. The quantitative estimate of drug-likeness (QED) is 0.874. The van der Waals surface area contributed by atoms with E-state index in [1.807, 2.05) is 0 Å². The number of amides is 1. The number of fused-ring (bicyclic) bond motifs is 1. The van der Waals surface area contributed by atoms with Crippen molar-refractivity contribution >= 4 is 18.3 Å². The lowest BCUT2D eigenvalue weighted by Gasteiger charge is -2.33. The van der Waals surface area contributed by atoms with E-state index in [9.17, 15) is 4.79 Å². The molecule has 3 rings (SSSR count). The van der Waals surface area contributed by atoms with Crippen molar-refractivity contribution in [3.8, 4) is 0 Å². The number of carbonyl (C=O) groups is 1. The van der Waals surface area contributed by atoms with Crippen LogP contribution in [-0.4, -0.2) is 18.5 Å². The molecule has 4 atom stereocenters. The lowest BCUT2D eigenvalue weighted by atomic mass is 9.80. The number of hydrogen-bond donors (Lipinski definition) is 2. The fourth-order valence-electron chi connectivity index (χ4n) is 3.81. The van der Waals surface area contributed by atoms with Crippen molar-refractivity contribution in [2.24, 2.45) is 5.92 Å².